The van der Waals surface area contributed by atoms with Crippen LogP contribution in [-0.4, -0.2) is 21.4 Å². The van der Waals surface area contributed by atoms with Crippen LogP contribution < -0.4 is 0 Å². The molecule has 4 aromatic rings. The number of aliphatic imine (C=N–C) groups is 1. The molecule has 0 amide bonds. The largest absolute Gasteiger partial charge is 0.507 e. The first-order valence-electron chi connectivity index (χ1n) is 7.92. The van der Waals surface area contributed by atoms with Gasteiger partial charge in [0.05, 0.1) is 16.3 Å². The zero-order valence-corrected chi connectivity index (χ0v) is 15.2. The number of phenols is 2. The zero-order chi connectivity index (χ0) is 19.0. The average Bonchev–Trinajstić information content (AvgIpc) is 3.07. The van der Waals surface area contributed by atoms with Crippen LogP contribution in [0.25, 0.3) is 22.6 Å². The van der Waals surface area contributed by atoms with Gasteiger partial charge in [0.15, 0.2) is 5.58 Å². The topological polar surface area (TPSA) is 78.9 Å². The van der Waals surface area contributed by atoms with Gasteiger partial charge in [-0.15, -0.1) is 0 Å². The van der Waals surface area contributed by atoms with Gasteiger partial charge in [-0.2, -0.15) is 0 Å². The highest BCUT2D eigenvalue weighted by Crippen LogP contribution is 2.34. The first kappa shape index (κ1) is 17.4. The summed E-state index contributed by atoms with van der Waals surface area (Å²) in [5.41, 5.74) is 2.65. The van der Waals surface area contributed by atoms with Gasteiger partial charge in [0.2, 0.25) is 5.89 Å². The van der Waals surface area contributed by atoms with Crippen LogP contribution in [0.5, 0.6) is 11.5 Å². The fraction of sp³-hybridized carbons (Fsp3) is 0. The van der Waals surface area contributed by atoms with E-state index in [0.717, 1.165) is 0 Å². The third kappa shape index (κ3) is 3.47. The van der Waals surface area contributed by atoms with Crippen LogP contribution in [-0.2, 0) is 0 Å². The van der Waals surface area contributed by atoms with Crippen LogP contribution in [0.4, 0.5) is 5.69 Å². The van der Waals surface area contributed by atoms with E-state index in [1.807, 2.05) is 24.3 Å². The minimum atomic E-state index is -0.114. The Bertz CT molecular complexity index is 1150. The molecule has 5 nitrogen and oxygen atoms in total. The molecule has 0 bridgehead atoms. The van der Waals surface area contributed by atoms with Crippen molar-refractivity contribution >= 4 is 46.2 Å². The van der Waals surface area contributed by atoms with Gasteiger partial charge in [-0.05, 0) is 36.4 Å². The van der Waals surface area contributed by atoms with Crippen molar-refractivity contribution in [2.24, 2.45) is 4.99 Å². The molecule has 3 aromatic carbocycles. The van der Waals surface area contributed by atoms with E-state index in [4.69, 9.17) is 27.6 Å². The van der Waals surface area contributed by atoms with Crippen molar-refractivity contribution in [2.75, 3.05) is 0 Å². The average molecular weight is 399 g/mol. The van der Waals surface area contributed by atoms with E-state index in [1.54, 1.807) is 18.2 Å². The summed E-state index contributed by atoms with van der Waals surface area (Å²) < 4.78 is 5.67. The van der Waals surface area contributed by atoms with Crippen molar-refractivity contribution in [1.82, 2.24) is 4.98 Å². The van der Waals surface area contributed by atoms with Crippen molar-refractivity contribution in [3.05, 3.63) is 70.2 Å². The SMILES string of the molecule is Oc1cc(N=Cc2cc(Cl)cc(Cl)c2O)ccc1-c1nc2ccccc2o1. The lowest BCUT2D eigenvalue weighted by atomic mass is 10.1. The highest BCUT2D eigenvalue weighted by molar-refractivity contribution is 6.36. The first-order valence-corrected chi connectivity index (χ1v) is 8.68. The molecule has 27 heavy (non-hydrogen) atoms. The van der Waals surface area contributed by atoms with Crippen LogP contribution >= 0.6 is 23.2 Å². The summed E-state index contributed by atoms with van der Waals surface area (Å²) in [6, 6.07) is 15.2. The molecule has 0 spiro atoms. The third-order valence-corrected chi connectivity index (χ3v) is 4.42. The molecule has 0 aliphatic heterocycles. The fourth-order valence-electron chi connectivity index (χ4n) is 2.60. The predicted octanol–water partition coefficient (Wildman–Crippen LogP) is 5.96. The molecule has 0 aliphatic carbocycles. The number of hydrogen-bond acceptors (Lipinski definition) is 5. The Labute approximate surface area is 164 Å². The molecule has 0 fully saturated rings. The van der Waals surface area contributed by atoms with Crippen LogP contribution in [0.3, 0.4) is 0 Å². The Balaban J connectivity index is 1.66. The van der Waals surface area contributed by atoms with E-state index in [-0.39, 0.29) is 16.5 Å². The van der Waals surface area contributed by atoms with Crippen molar-refractivity contribution in [3.63, 3.8) is 0 Å². The van der Waals surface area contributed by atoms with Gasteiger partial charge in [-0.3, -0.25) is 4.99 Å². The molecule has 4 rings (SSSR count). The van der Waals surface area contributed by atoms with E-state index in [2.05, 4.69) is 9.98 Å². The Morgan fingerprint density at radius 3 is 2.59 bits per heavy atom. The quantitative estimate of drug-likeness (QED) is 0.417. The van der Waals surface area contributed by atoms with Gasteiger partial charge in [0.25, 0.3) is 0 Å². The summed E-state index contributed by atoms with van der Waals surface area (Å²) in [6.07, 6.45) is 1.42. The van der Waals surface area contributed by atoms with Gasteiger partial charge in [-0.25, -0.2) is 4.98 Å². The van der Waals surface area contributed by atoms with Gasteiger partial charge >= 0.3 is 0 Å². The number of aromatic nitrogens is 1. The van der Waals surface area contributed by atoms with Crippen LogP contribution in [0, 0.1) is 0 Å². The summed E-state index contributed by atoms with van der Waals surface area (Å²) in [5.74, 6) is 0.185. The smallest absolute Gasteiger partial charge is 0.231 e. The number of nitrogens with zero attached hydrogens (tertiary/aromatic N) is 2. The highest BCUT2D eigenvalue weighted by atomic mass is 35.5. The summed E-state index contributed by atoms with van der Waals surface area (Å²) in [6.45, 7) is 0. The number of aromatic hydroxyl groups is 2. The monoisotopic (exact) mass is 398 g/mol. The lowest BCUT2D eigenvalue weighted by Gasteiger charge is -2.03. The predicted molar refractivity (Wildman–Crippen MR) is 106 cm³/mol. The summed E-state index contributed by atoms with van der Waals surface area (Å²) in [7, 11) is 0. The number of halogens is 2. The number of phenolic OH excluding ortho intramolecular Hbond substituents is 2. The molecule has 0 atom stereocenters. The Hall–Kier alpha value is -3.02. The Kier molecular flexibility index (Phi) is 4.48. The minimum absolute atomic E-state index is 0.0236. The van der Waals surface area contributed by atoms with Gasteiger partial charge < -0.3 is 14.6 Å². The molecule has 0 unspecified atom stereocenters. The normalized spacial score (nSPS) is 11.5. The number of benzene rings is 3. The summed E-state index contributed by atoms with van der Waals surface area (Å²) in [4.78, 5) is 8.62. The molecule has 0 saturated heterocycles. The zero-order valence-electron chi connectivity index (χ0n) is 13.7. The second-order valence-electron chi connectivity index (χ2n) is 5.77. The van der Waals surface area contributed by atoms with Crippen LogP contribution in [0.2, 0.25) is 10.0 Å². The number of hydrogen-bond donors (Lipinski definition) is 2. The van der Waals surface area contributed by atoms with Gasteiger partial charge in [0, 0.05) is 22.9 Å². The molecule has 2 N–H and O–H groups in total. The van der Waals surface area contributed by atoms with Gasteiger partial charge in [0.1, 0.15) is 17.0 Å². The standard InChI is InChI=1S/C20H12Cl2N2O3/c21-12-7-11(19(26)15(22)8-12)10-23-13-5-6-14(17(25)9-13)20-24-16-3-1-2-4-18(16)27-20/h1-10,25-26H. The maximum atomic E-state index is 10.3. The maximum Gasteiger partial charge on any atom is 0.231 e. The highest BCUT2D eigenvalue weighted by Gasteiger charge is 2.12. The third-order valence-electron chi connectivity index (χ3n) is 3.92. The lowest BCUT2D eigenvalue weighted by molar-refractivity contribution is 0.474. The second-order valence-corrected chi connectivity index (χ2v) is 6.62. The van der Waals surface area contributed by atoms with Crippen molar-refractivity contribution in [2.45, 2.75) is 0 Å². The fourth-order valence-corrected chi connectivity index (χ4v) is 3.11. The number of fused-ring (bicyclic) bond motifs is 1. The Morgan fingerprint density at radius 1 is 1.00 bits per heavy atom. The van der Waals surface area contributed by atoms with Gasteiger partial charge in [-0.1, -0.05) is 35.3 Å². The molecule has 0 radical (unpaired) electrons. The van der Waals surface area contributed by atoms with E-state index >= 15 is 0 Å². The first-order chi connectivity index (χ1) is 13.0. The van der Waals surface area contributed by atoms with Crippen molar-refractivity contribution in [1.29, 1.82) is 0 Å². The second kappa shape index (κ2) is 6.95. The molecule has 134 valence electrons. The maximum absolute atomic E-state index is 10.3. The Morgan fingerprint density at radius 2 is 1.81 bits per heavy atom. The molecular weight excluding hydrogens is 387 g/mol. The number of para-hydroxylation sites is 2. The minimum Gasteiger partial charge on any atom is -0.507 e. The molecule has 1 aromatic heterocycles. The molecular formula is C20H12Cl2N2O3. The van der Waals surface area contributed by atoms with Crippen molar-refractivity contribution < 1.29 is 14.6 Å². The molecule has 7 heteroatoms. The summed E-state index contributed by atoms with van der Waals surface area (Å²) >= 11 is 11.8. The van der Waals surface area contributed by atoms with E-state index < -0.39 is 0 Å². The molecule has 1 heterocycles. The van der Waals surface area contributed by atoms with Crippen LogP contribution in [0.15, 0.2) is 64.0 Å². The molecule has 0 saturated carbocycles. The summed E-state index contributed by atoms with van der Waals surface area (Å²) in [5, 5.41) is 20.8. The van der Waals surface area contributed by atoms with E-state index in [0.29, 0.717) is 38.8 Å². The van der Waals surface area contributed by atoms with Crippen molar-refractivity contribution in [3.8, 4) is 23.0 Å². The number of rotatable bonds is 3. The van der Waals surface area contributed by atoms with Crippen LogP contribution in [0.1, 0.15) is 5.56 Å². The van der Waals surface area contributed by atoms with E-state index in [9.17, 15) is 10.2 Å². The number of oxazole rings is 1. The lowest BCUT2D eigenvalue weighted by Crippen LogP contribution is -1.84. The van der Waals surface area contributed by atoms with E-state index in [1.165, 1.54) is 18.3 Å². The molecule has 0 aliphatic rings.